The summed E-state index contributed by atoms with van der Waals surface area (Å²) in [4.78, 5) is 16.5. The van der Waals surface area contributed by atoms with Gasteiger partial charge in [-0.25, -0.2) is 0 Å². The SMILES string of the molecule is CN(C)C(=O)C1CNCCN1CC1CC2CCC1C2. The predicted molar refractivity (Wildman–Crippen MR) is 75.9 cm³/mol. The Morgan fingerprint density at radius 2 is 2.16 bits per heavy atom. The minimum Gasteiger partial charge on any atom is -0.347 e. The third-order valence-electron chi connectivity index (χ3n) is 5.43. The van der Waals surface area contributed by atoms with E-state index >= 15 is 0 Å². The summed E-state index contributed by atoms with van der Waals surface area (Å²) in [5.74, 6) is 3.07. The summed E-state index contributed by atoms with van der Waals surface area (Å²) in [6.45, 7) is 4.01. The Hall–Kier alpha value is -0.610. The number of likely N-dealkylation sites (N-methyl/N-ethyl adjacent to an activating group) is 1. The Bertz CT molecular complexity index is 344. The van der Waals surface area contributed by atoms with Crippen molar-refractivity contribution in [3.05, 3.63) is 0 Å². The number of carbonyl (C=O) groups is 1. The van der Waals surface area contributed by atoms with Gasteiger partial charge in [-0.3, -0.25) is 9.69 Å². The van der Waals surface area contributed by atoms with Crippen molar-refractivity contribution in [2.75, 3.05) is 40.3 Å². The molecule has 0 aromatic rings. The van der Waals surface area contributed by atoms with Gasteiger partial charge in [0.15, 0.2) is 0 Å². The van der Waals surface area contributed by atoms with Crippen molar-refractivity contribution < 1.29 is 4.79 Å². The van der Waals surface area contributed by atoms with Crippen molar-refractivity contribution >= 4 is 5.91 Å². The van der Waals surface area contributed by atoms with E-state index in [1.807, 2.05) is 14.1 Å². The first-order valence-electron chi connectivity index (χ1n) is 7.81. The second-order valence-electron chi connectivity index (χ2n) is 6.88. The van der Waals surface area contributed by atoms with Gasteiger partial charge in [0.1, 0.15) is 6.04 Å². The first-order chi connectivity index (χ1) is 9.15. The molecule has 0 radical (unpaired) electrons. The first kappa shape index (κ1) is 13.4. The van der Waals surface area contributed by atoms with Gasteiger partial charge >= 0.3 is 0 Å². The maximum Gasteiger partial charge on any atom is 0.240 e. The van der Waals surface area contributed by atoms with Gasteiger partial charge in [-0.2, -0.15) is 0 Å². The van der Waals surface area contributed by atoms with E-state index in [1.165, 1.54) is 25.7 Å². The van der Waals surface area contributed by atoms with E-state index in [4.69, 9.17) is 0 Å². The first-order valence-corrected chi connectivity index (χ1v) is 7.81. The molecule has 108 valence electrons. The van der Waals surface area contributed by atoms with Crippen molar-refractivity contribution in [1.82, 2.24) is 15.1 Å². The van der Waals surface area contributed by atoms with Crippen molar-refractivity contribution in [3.63, 3.8) is 0 Å². The summed E-state index contributed by atoms with van der Waals surface area (Å²) >= 11 is 0. The lowest BCUT2D eigenvalue weighted by Gasteiger charge is -2.39. The fourth-order valence-corrected chi connectivity index (χ4v) is 4.41. The van der Waals surface area contributed by atoms with Crippen LogP contribution in [0.25, 0.3) is 0 Å². The smallest absolute Gasteiger partial charge is 0.240 e. The summed E-state index contributed by atoms with van der Waals surface area (Å²) in [5.41, 5.74) is 0. The van der Waals surface area contributed by atoms with Crippen LogP contribution in [0.1, 0.15) is 25.7 Å². The molecule has 3 rings (SSSR count). The maximum atomic E-state index is 12.3. The summed E-state index contributed by atoms with van der Waals surface area (Å²) in [7, 11) is 3.74. The van der Waals surface area contributed by atoms with Crippen molar-refractivity contribution in [1.29, 1.82) is 0 Å². The normalized spacial score (nSPS) is 38.6. The zero-order chi connectivity index (χ0) is 13.4. The Kier molecular flexibility index (Phi) is 3.81. The molecule has 3 aliphatic rings. The zero-order valence-corrected chi connectivity index (χ0v) is 12.3. The van der Waals surface area contributed by atoms with E-state index in [0.717, 1.165) is 43.9 Å². The second-order valence-corrected chi connectivity index (χ2v) is 6.88. The maximum absolute atomic E-state index is 12.3. The fraction of sp³-hybridized carbons (Fsp3) is 0.933. The molecular weight excluding hydrogens is 238 g/mol. The van der Waals surface area contributed by atoms with Crippen LogP contribution in [0, 0.1) is 17.8 Å². The van der Waals surface area contributed by atoms with Gasteiger partial charge in [-0.05, 0) is 37.0 Å². The Morgan fingerprint density at radius 3 is 2.79 bits per heavy atom. The number of nitrogens with zero attached hydrogens (tertiary/aromatic N) is 2. The summed E-state index contributed by atoms with van der Waals surface area (Å²) in [5, 5.41) is 3.37. The molecule has 1 N–H and O–H groups in total. The average Bonchev–Trinajstić information content (AvgIpc) is 3.01. The molecule has 2 bridgehead atoms. The lowest BCUT2D eigenvalue weighted by molar-refractivity contribution is -0.135. The molecule has 4 nitrogen and oxygen atoms in total. The van der Waals surface area contributed by atoms with E-state index in [9.17, 15) is 4.79 Å². The molecule has 0 spiro atoms. The molecule has 1 saturated heterocycles. The molecule has 3 fully saturated rings. The van der Waals surface area contributed by atoms with Gasteiger partial charge in [0.25, 0.3) is 0 Å². The predicted octanol–water partition coefficient (Wildman–Crippen LogP) is 0.785. The molecule has 4 atom stereocenters. The van der Waals surface area contributed by atoms with Crippen LogP contribution in [-0.4, -0.2) is 62.0 Å². The highest BCUT2D eigenvalue weighted by molar-refractivity contribution is 5.81. The van der Waals surface area contributed by atoms with Crippen LogP contribution in [0.5, 0.6) is 0 Å². The van der Waals surface area contributed by atoms with E-state index in [0.29, 0.717) is 0 Å². The molecule has 4 heteroatoms. The number of amides is 1. The molecule has 0 aromatic carbocycles. The van der Waals surface area contributed by atoms with Crippen LogP contribution in [0.4, 0.5) is 0 Å². The molecular formula is C15H27N3O. The number of nitrogens with one attached hydrogen (secondary N) is 1. The van der Waals surface area contributed by atoms with E-state index < -0.39 is 0 Å². The van der Waals surface area contributed by atoms with Crippen LogP contribution in [0.2, 0.25) is 0 Å². The van der Waals surface area contributed by atoms with Crippen molar-refractivity contribution in [2.24, 2.45) is 17.8 Å². The lowest BCUT2D eigenvalue weighted by Crippen LogP contribution is -2.58. The van der Waals surface area contributed by atoms with Crippen LogP contribution < -0.4 is 5.32 Å². The van der Waals surface area contributed by atoms with E-state index in [2.05, 4.69) is 10.2 Å². The lowest BCUT2D eigenvalue weighted by atomic mass is 9.88. The highest BCUT2D eigenvalue weighted by atomic mass is 16.2. The van der Waals surface area contributed by atoms with Crippen molar-refractivity contribution in [2.45, 2.75) is 31.7 Å². The van der Waals surface area contributed by atoms with E-state index in [-0.39, 0.29) is 11.9 Å². The highest BCUT2D eigenvalue weighted by Gasteiger charge is 2.41. The molecule has 4 unspecified atom stereocenters. The number of hydrogen-bond donors (Lipinski definition) is 1. The fourth-order valence-electron chi connectivity index (χ4n) is 4.41. The molecule has 1 amide bonds. The van der Waals surface area contributed by atoms with Gasteiger partial charge in [-0.1, -0.05) is 6.42 Å². The third kappa shape index (κ3) is 2.65. The van der Waals surface area contributed by atoms with E-state index in [1.54, 1.807) is 4.90 Å². The van der Waals surface area contributed by atoms with Gasteiger partial charge in [0.05, 0.1) is 0 Å². The molecule has 2 aliphatic carbocycles. The van der Waals surface area contributed by atoms with Crippen LogP contribution in [0.3, 0.4) is 0 Å². The number of carbonyl (C=O) groups excluding carboxylic acids is 1. The van der Waals surface area contributed by atoms with Gasteiger partial charge in [-0.15, -0.1) is 0 Å². The van der Waals surface area contributed by atoms with Crippen LogP contribution in [0.15, 0.2) is 0 Å². The molecule has 0 aromatic heterocycles. The monoisotopic (exact) mass is 265 g/mol. The van der Waals surface area contributed by atoms with Gasteiger partial charge < -0.3 is 10.2 Å². The second kappa shape index (κ2) is 5.41. The van der Waals surface area contributed by atoms with Crippen molar-refractivity contribution in [3.8, 4) is 0 Å². The Labute approximate surface area is 116 Å². The zero-order valence-electron chi connectivity index (χ0n) is 12.3. The number of fused-ring (bicyclic) bond motifs is 2. The molecule has 1 aliphatic heterocycles. The van der Waals surface area contributed by atoms with Crippen LogP contribution in [-0.2, 0) is 4.79 Å². The highest BCUT2D eigenvalue weighted by Crippen LogP contribution is 2.48. The Morgan fingerprint density at radius 1 is 1.32 bits per heavy atom. The summed E-state index contributed by atoms with van der Waals surface area (Å²) < 4.78 is 0. The largest absolute Gasteiger partial charge is 0.347 e. The minimum absolute atomic E-state index is 0.0582. The molecule has 2 saturated carbocycles. The standard InChI is InChI=1S/C15H27N3O/c1-17(2)15(19)14-9-16-5-6-18(14)10-13-8-11-3-4-12(13)7-11/h11-14,16H,3-10H2,1-2H3. The summed E-state index contributed by atoms with van der Waals surface area (Å²) in [6, 6.07) is 0.0582. The summed E-state index contributed by atoms with van der Waals surface area (Å²) in [6.07, 6.45) is 5.77. The number of hydrogen-bond acceptors (Lipinski definition) is 3. The topological polar surface area (TPSA) is 35.6 Å². The average molecular weight is 265 g/mol. The van der Waals surface area contributed by atoms with Crippen LogP contribution >= 0.6 is 0 Å². The van der Waals surface area contributed by atoms with Gasteiger partial charge in [0, 0.05) is 40.3 Å². The molecule has 1 heterocycles. The third-order valence-corrected chi connectivity index (χ3v) is 5.43. The Balaban J connectivity index is 1.62. The number of piperazine rings is 1. The molecule has 19 heavy (non-hydrogen) atoms. The number of rotatable bonds is 3. The minimum atomic E-state index is 0.0582. The van der Waals surface area contributed by atoms with Gasteiger partial charge in [0.2, 0.25) is 5.91 Å². The quantitative estimate of drug-likeness (QED) is 0.819.